The van der Waals surface area contributed by atoms with E-state index in [0.717, 1.165) is 4.88 Å². The molecule has 0 fully saturated rings. The molecule has 1 heterocycles. The predicted octanol–water partition coefficient (Wildman–Crippen LogP) is 2.12. The third-order valence-electron chi connectivity index (χ3n) is 1.98. The van der Waals surface area contributed by atoms with Crippen LogP contribution in [0.15, 0.2) is 6.07 Å². The van der Waals surface area contributed by atoms with Crippen LogP contribution in [-0.2, 0) is 9.53 Å². The largest absolute Gasteiger partial charge is 0.481 e. The molecule has 0 bridgehead atoms. The summed E-state index contributed by atoms with van der Waals surface area (Å²) in [4.78, 5) is 23.0. The maximum Gasteiger partial charge on any atom is 0.341 e. The van der Waals surface area contributed by atoms with Crippen LogP contribution in [0.4, 0.5) is 5.00 Å². The van der Waals surface area contributed by atoms with Gasteiger partial charge in [-0.15, -0.1) is 11.3 Å². The highest BCUT2D eigenvalue weighted by Gasteiger charge is 2.15. The number of ether oxygens (including phenoxy) is 1. The van der Waals surface area contributed by atoms with Gasteiger partial charge in [-0.05, 0) is 19.9 Å². The van der Waals surface area contributed by atoms with Crippen molar-refractivity contribution in [1.82, 2.24) is 0 Å². The highest BCUT2D eigenvalue weighted by atomic mass is 32.1. The number of aliphatic carboxylic acids is 1. The van der Waals surface area contributed by atoms with Crippen molar-refractivity contribution in [3.05, 3.63) is 16.5 Å². The summed E-state index contributed by atoms with van der Waals surface area (Å²) < 4.78 is 4.92. The van der Waals surface area contributed by atoms with E-state index in [-0.39, 0.29) is 12.4 Å². The van der Waals surface area contributed by atoms with Crippen molar-refractivity contribution in [2.75, 3.05) is 18.5 Å². The molecule has 1 rings (SSSR count). The summed E-state index contributed by atoms with van der Waals surface area (Å²) in [5.74, 6) is -1.25. The Labute approximate surface area is 103 Å². The quantitative estimate of drug-likeness (QED) is 0.763. The molecule has 0 aliphatic heterocycles. The monoisotopic (exact) mass is 257 g/mol. The Bertz CT molecular complexity index is 414. The van der Waals surface area contributed by atoms with Crippen LogP contribution in [0.2, 0.25) is 0 Å². The number of anilines is 1. The van der Waals surface area contributed by atoms with Crippen molar-refractivity contribution in [1.29, 1.82) is 0 Å². The fourth-order valence-corrected chi connectivity index (χ4v) is 2.21. The molecule has 0 unspecified atom stereocenters. The average Bonchev–Trinajstić information content (AvgIpc) is 2.59. The molecule has 0 atom stereocenters. The lowest BCUT2D eigenvalue weighted by atomic mass is 10.3. The number of rotatable bonds is 6. The van der Waals surface area contributed by atoms with Crippen LogP contribution in [-0.4, -0.2) is 30.2 Å². The SMILES string of the molecule is CCOC(=O)c1cc(C)sc1NCCC(=O)O. The number of hydrogen-bond donors (Lipinski definition) is 2. The molecule has 0 aromatic carbocycles. The maximum atomic E-state index is 11.6. The van der Waals surface area contributed by atoms with Crippen molar-refractivity contribution in [3.8, 4) is 0 Å². The minimum absolute atomic E-state index is 0.0131. The summed E-state index contributed by atoms with van der Waals surface area (Å²) in [7, 11) is 0. The molecule has 0 amide bonds. The van der Waals surface area contributed by atoms with Gasteiger partial charge in [-0.1, -0.05) is 0 Å². The Hall–Kier alpha value is -1.56. The van der Waals surface area contributed by atoms with Gasteiger partial charge in [0.15, 0.2) is 0 Å². The summed E-state index contributed by atoms with van der Waals surface area (Å²) >= 11 is 1.42. The second-order valence-corrected chi connectivity index (χ2v) is 4.65. The van der Waals surface area contributed by atoms with Crippen LogP contribution in [0.25, 0.3) is 0 Å². The van der Waals surface area contributed by atoms with Crippen LogP contribution in [0, 0.1) is 6.92 Å². The molecule has 94 valence electrons. The normalized spacial score (nSPS) is 10.0. The van der Waals surface area contributed by atoms with E-state index in [1.165, 1.54) is 11.3 Å². The molecule has 0 radical (unpaired) electrons. The number of hydrogen-bond acceptors (Lipinski definition) is 5. The van der Waals surface area contributed by atoms with Crippen LogP contribution >= 0.6 is 11.3 Å². The van der Waals surface area contributed by atoms with Gasteiger partial charge in [-0.25, -0.2) is 4.79 Å². The maximum absolute atomic E-state index is 11.6. The van der Waals surface area contributed by atoms with Crippen LogP contribution in [0.3, 0.4) is 0 Å². The fraction of sp³-hybridized carbons (Fsp3) is 0.455. The molecule has 0 aliphatic rings. The molecule has 2 N–H and O–H groups in total. The summed E-state index contributed by atoms with van der Waals surface area (Å²) in [6.45, 7) is 4.24. The van der Waals surface area contributed by atoms with Gasteiger partial charge in [0.2, 0.25) is 0 Å². The summed E-state index contributed by atoms with van der Waals surface area (Å²) in [6.07, 6.45) is 0.0131. The van der Waals surface area contributed by atoms with Crippen LogP contribution in [0.5, 0.6) is 0 Å². The molecule has 0 aliphatic carbocycles. The van der Waals surface area contributed by atoms with Crippen molar-refractivity contribution >= 4 is 28.3 Å². The van der Waals surface area contributed by atoms with Gasteiger partial charge in [0, 0.05) is 11.4 Å². The second kappa shape index (κ2) is 6.24. The van der Waals surface area contributed by atoms with Crippen molar-refractivity contribution in [3.63, 3.8) is 0 Å². The van der Waals surface area contributed by atoms with Crippen LogP contribution in [0.1, 0.15) is 28.6 Å². The predicted molar refractivity (Wildman–Crippen MR) is 65.8 cm³/mol. The molecule has 17 heavy (non-hydrogen) atoms. The van der Waals surface area contributed by atoms with Gasteiger partial charge >= 0.3 is 11.9 Å². The number of thiophene rings is 1. The first kappa shape index (κ1) is 13.5. The van der Waals surface area contributed by atoms with Gasteiger partial charge in [0.1, 0.15) is 5.00 Å². The van der Waals surface area contributed by atoms with Gasteiger partial charge in [-0.2, -0.15) is 0 Å². The lowest BCUT2D eigenvalue weighted by Gasteiger charge is -2.05. The molecule has 1 aromatic rings. The number of carboxylic acid groups (broad SMARTS) is 1. The highest BCUT2D eigenvalue weighted by Crippen LogP contribution is 2.28. The zero-order chi connectivity index (χ0) is 12.8. The minimum Gasteiger partial charge on any atom is -0.481 e. The standard InChI is InChI=1S/C11H15NO4S/c1-3-16-11(15)8-6-7(2)17-10(8)12-5-4-9(13)14/h6,12H,3-5H2,1-2H3,(H,13,14). The average molecular weight is 257 g/mol. The third kappa shape index (κ3) is 4.07. The lowest BCUT2D eigenvalue weighted by Crippen LogP contribution is -2.10. The fourth-order valence-electron chi connectivity index (χ4n) is 1.29. The summed E-state index contributed by atoms with van der Waals surface area (Å²) in [6, 6.07) is 1.74. The highest BCUT2D eigenvalue weighted by molar-refractivity contribution is 7.16. The molecule has 0 spiro atoms. The van der Waals surface area contributed by atoms with E-state index >= 15 is 0 Å². The second-order valence-electron chi connectivity index (χ2n) is 3.39. The van der Waals surface area contributed by atoms with Crippen molar-refractivity contribution in [2.45, 2.75) is 20.3 Å². The molecular weight excluding hydrogens is 242 g/mol. The molecule has 1 aromatic heterocycles. The van der Waals surface area contributed by atoms with Gasteiger partial charge in [0.05, 0.1) is 18.6 Å². The van der Waals surface area contributed by atoms with E-state index in [0.29, 0.717) is 23.7 Å². The number of aryl methyl sites for hydroxylation is 1. The zero-order valence-electron chi connectivity index (χ0n) is 9.78. The molecule has 0 saturated heterocycles. The number of carbonyl (C=O) groups is 2. The number of esters is 1. The molecule has 5 nitrogen and oxygen atoms in total. The number of carboxylic acids is 1. The Kier molecular flexibility index (Phi) is 4.96. The number of carbonyl (C=O) groups excluding carboxylic acids is 1. The Morgan fingerprint density at radius 2 is 2.24 bits per heavy atom. The molecular formula is C11H15NO4S. The van der Waals surface area contributed by atoms with Crippen LogP contribution < -0.4 is 5.32 Å². The lowest BCUT2D eigenvalue weighted by molar-refractivity contribution is -0.136. The third-order valence-corrected chi connectivity index (χ3v) is 2.98. The van der Waals surface area contributed by atoms with Gasteiger partial charge < -0.3 is 15.2 Å². The Morgan fingerprint density at radius 1 is 1.53 bits per heavy atom. The summed E-state index contributed by atoms with van der Waals surface area (Å²) in [5, 5.41) is 12.1. The van der Waals surface area contributed by atoms with Gasteiger partial charge in [-0.3, -0.25) is 4.79 Å². The first-order chi connectivity index (χ1) is 8.04. The van der Waals surface area contributed by atoms with E-state index < -0.39 is 5.97 Å². The van der Waals surface area contributed by atoms with E-state index in [4.69, 9.17) is 9.84 Å². The molecule has 0 saturated carbocycles. The number of nitrogens with one attached hydrogen (secondary N) is 1. The van der Waals surface area contributed by atoms with E-state index in [9.17, 15) is 9.59 Å². The van der Waals surface area contributed by atoms with E-state index in [1.807, 2.05) is 6.92 Å². The van der Waals surface area contributed by atoms with Crippen molar-refractivity contribution < 1.29 is 19.4 Å². The van der Waals surface area contributed by atoms with E-state index in [1.54, 1.807) is 13.0 Å². The molecule has 6 heteroatoms. The first-order valence-electron chi connectivity index (χ1n) is 5.27. The first-order valence-corrected chi connectivity index (χ1v) is 6.09. The minimum atomic E-state index is -0.872. The smallest absolute Gasteiger partial charge is 0.341 e. The zero-order valence-corrected chi connectivity index (χ0v) is 10.6. The Morgan fingerprint density at radius 3 is 2.82 bits per heavy atom. The summed E-state index contributed by atoms with van der Waals surface area (Å²) in [5.41, 5.74) is 0.472. The van der Waals surface area contributed by atoms with Gasteiger partial charge in [0.25, 0.3) is 0 Å². The van der Waals surface area contributed by atoms with Crippen molar-refractivity contribution in [2.24, 2.45) is 0 Å². The topological polar surface area (TPSA) is 75.6 Å². The Balaban J connectivity index is 2.70. The van der Waals surface area contributed by atoms with E-state index in [2.05, 4.69) is 5.32 Å².